The molecular formula is C28H36N6O2. The number of amides is 2. The Balaban J connectivity index is 1.20. The lowest BCUT2D eigenvalue weighted by molar-refractivity contribution is 0.155. The first-order chi connectivity index (χ1) is 17.4. The molecule has 0 bridgehead atoms. The van der Waals surface area contributed by atoms with Crippen molar-refractivity contribution in [2.45, 2.75) is 45.1 Å². The van der Waals surface area contributed by atoms with Gasteiger partial charge in [0.05, 0.1) is 16.8 Å². The normalized spacial score (nSPS) is 18.4. The minimum absolute atomic E-state index is 0.0548. The molecule has 8 nitrogen and oxygen atoms in total. The van der Waals surface area contributed by atoms with Crippen molar-refractivity contribution in [1.29, 1.82) is 0 Å². The Kier molecular flexibility index (Phi) is 6.96. The number of nitrogens with one attached hydrogen (secondary N) is 1. The monoisotopic (exact) mass is 488 g/mol. The number of carbonyl (C=O) groups is 1. The number of para-hydroxylation sites is 2. The molecule has 0 unspecified atom stereocenters. The number of urea groups is 1. The first-order valence-corrected chi connectivity index (χ1v) is 13.0. The van der Waals surface area contributed by atoms with Crippen molar-refractivity contribution in [2.75, 3.05) is 49.5 Å². The van der Waals surface area contributed by atoms with Crippen molar-refractivity contribution >= 4 is 17.4 Å². The number of piperazine rings is 1. The van der Waals surface area contributed by atoms with Crippen LogP contribution in [0.15, 0.2) is 59.1 Å². The molecule has 0 spiro atoms. The van der Waals surface area contributed by atoms with E-state index in [2.05, 4.69) is 52.1 Å². The van der Waals surface area contributed by atoms with Gasteiger partial charge in [0.2, 0.25) is 11.7 Å². The van der Waals surface area contributed by atoms with Gasteiger partial charge in [0.25, 0.3) is 0 Å². The van der Waals surface area contributed by atoms with Crippen LogP contribution in [-0.2, 0) is 5.41 Å². The van der Waals surface area contributed by atoms with Gasteiger partial charge in [-0.3, -0.25) is 4.90 Å². The van der Waals surface area contributed by atoms with Gasteiger partial charge in [-0.25, -0.2) is 4.79 Å². The Hall–Kier alpha value is -3.39. The van der Waals surface area contributed by atoms with Crippen LogP contribution in [0.1, 0.15) is 39.5 Å². The van der Waals surface area contributed by atoms with E-state index in [0.717, 1.165) is 56.0 Å². The zero-order chi connectivity index (χ0) is 25.1. The molecule has 3 aromatic rings. The minimum Gasteiger partial charge on any atom is -0.367 e. The smallest absolute Gasteiger partial charge is 0.321 e. The molecule has 1 N–H and O–H groups in total. The van der Waals surface area contributed by atoms with E-state index in [-0.39, 0.29) is 11.4 Å². The van der Waals surface area contributed by atoms with Crippen LogP contribution in [0.25, 0.3) is 11.4 Å². The van der Waals surface area contributed by atoms with Crippen LogP contribution in [-0.4, -0.2) is 71.3 Å². The maximum absolute atomic E-state index is 13.2. The molecule has 8 heteroatoms. The second-order valence-electron chi connectivity index (χ2n) is 10.4. The number of carbonyl (C=O) groups excluding carboxylic acids is 1. The van der Waals surface area contributed by atoms with E-state index >= 15 is 0 Å². The number of aromatic nitrogens is 2. The van der Waals surface area contributed by atoms with E-state index in [1.165, 1.54) is 0 Å². The maximum atomic E-state index is 13.2. The second kappa shape index (κ2) is 10.3. The van der Waals surface area contributed by atoms with Gasteiger partial charge in [-0.15, -0.1) is 0 Å². The third-order valence-electron chi connectivity index (χ3n) is 7.66. The topological polar surface area (TPSA) is 77.7 Å². The fourth-order valence-electron chi connectivity index (χ4n) is 5.12. The number of hydrogen-bond acceptors (Lipinski definition) is 6. The Labute approximate surface area is 213 Å². The number of piperidine rings is 1. The predicted octanol–water partition coefficient (Wildman–Crippen LogP) is 4.85. The molecule has 2 fully saturated rings. The molecule has 5 rings (SSSR count). The molecule has 0 saturated carbocycles. The van der Waals surface area contributed by atoms with Crippen LogP contribution in [0.2, 0.25) is 0 Å². The van der Waals surface area contributed by atoms with Crippen LogP contribution in [0.5, 0.6) is 0 Å². The molecule has 190 valence electrons. The summed E-state index contributed by atoms with van der Waals surface area (Å²) in [5.41, 5.74) is 2.66. The van der Waals surface area contributed by atoms with E-state index in [1.807, 2.05) is 53.4 Å². The zero-order valence-electron chi connectivity index (χ0n) is 21.5. The lowest BCUT2D eigenvalue weighted by Gasteiger charge is -2.39. The number of nitrogens with zero attached hydrogens (tertiary/aromatic N) is 5. The molecule has 2 aromatic carbocycles. The summed E-state index contributed by atoms with van der Waals surface area (Å²) in [5, 5.41) is 7.38. The molecule has 2 amide bonds. The molecule has 3 heterocycles. The summed E-state index contributed by atoms with van der Waals surface area (Å²) in [4.78, 5) is 24.7. The average Bonchev–Trinajstić information content (AvgIpc) is 3.42. The highest BCUT2D eigenvalue weighted by atomic mass is 16.5. The summed E-state index contributed by atoms with van der Waals surface area (Å²) < 4.78 is 5.67. The van der Waals surface area contributed by atoms with Crippen molar-refractivity contribution in [1.82, 2.24) is 19.9 Å². The van der Waals surface area contributed by atoms with Gasteiger partial charge in [0.1, 0.15) is 0 Å². The largest absolute Gasteiger partial charge is 0.367 e. The lowest BCUT2D eigenvalue weighted by Crippen LogP contribution is -2.49. The van der Waals surface area contributed by atoms with Crippen molar-refractivity contribution in [3.63, 3.8) is 0 Å². The highest BCUT2D eigenvalue weighted by molar-refractivity contribution is 5.93. The highest BCUT2D eigenvalue weighted by Crippen LogP contribution is 2.35. The number of benzene rings is 2. The molecule has 0 radical (unpaired) electrons. The number of hydrogen-bond donors (Lipinski definition) is 1. The van der Waals surface area contributed by atoms with E-state index in [9.17, 15) is 4.79 Å². The summed E-state index contributed by atoms with van der Waals surface area (Å²) in [6.07, 6.45) is 1.55. The molecule has 2 aliphatic heterocycles. The predicted molar refractivity (Wildman–Crippen MR) is 142 cm³/mol. The molecule has 0 aliphatic carbocycles. The molecule has 2 saturated heterocycles. The van der Waals surface area contributed by atoms with Crippen LogP contribution in [0.3, 0.4) is 0 Å². The fourth-order valence-corrected chi connectivity index (χ4v) is 5.12. The van der Waals surface area contributed by atoms with Gasteiger partial charge >= 0.3 is 6.03 Å². The Morgan fingerprint density at radius 3 is 2.31 bits per heavy atom. The van der Waals surface area contributed by atoms with Crippen molar-refractivity contribution in [3.8, 4) is 11.4 Å². The molecule has 1 aromatic heterocycles. The van der Waals surface area contributed by atoms with Gasteiger partial charge in [0, 0.05) is 50.9 Å². The van der Waals surface area contributed by atoms with E-state index in [1.54, 1.807) is 0 Å². The third kappa shape index (κ3) is 5.09. The Morgan fingerprint density at radius 1 is 0.944 bits per heavy atom. The standard InChI is InChI=1S/C28H36N6O2/c1-21(2)32-17-19-33(20-18-32)24-12-8-7-11-23(24)29-27(35)34-15-13-28(3,14-16-34)26-30-25(31-36-26)22-9-5-4-6-10-22/h4-12,21H,13-20H2,1-3H3,(H,29,35). The fraction of sp³-hybridized carbons (Fsp3) is 0.464. The first-order valence-electron chi connectivity index (χ1n) is 13.0. The van der Waals surface area contributed by atoms with Crippen LogP contribution in [0.4, 0.5) is 16.2 Å². The Bertz CT molecular complexity index is 1160. The minimum atomic E-state index is -0.245. The van der Waals surface area contributed by atoms with Crippen molar-refractivity contribution in [2.24, 2.45) is 0 Å². The van der Waals surface area contributed by atoms with Gasteiger partial charge in [-0.05, 0) is 38.8 Å². The number of rotatable bonds is 5. The molecular weight excluding hydrogens is 452 g/mol. The van der Waals surface area contributed by atoms with Gasteiger partial charge < -0.3 is 19.6 Å². The van der Waals surface area contributed by atoms with E-state index < -0.39 is 0 Å². The van der Waals surface area contributed by atoms with Crippen molar-refractivity contribution in [3.05, 3.63) is 60.5 Å². The van der Waals surface area contributed by atoms with Crippen LogP contribution < -0.4 is 10.2 Å². The Morgan fingerprint density at radius 2 is 1.61 bits per heavy atom. The summed E-state index contributed by atoms with van der Waals surface area (Å²) in [6, 6.07) is 18.5. The van der Waals surface area contributed by atoms with E-state index in [0.29, 0.717) is 30.8 Å². The average molecular weight is 489 g/mol. The second-order valence-corrected chi connectivity index (χ2v) is 10.4. The lowest BCUT2D eigenvalue weighted by atomic mass is 9.80. The third-order valence-corrected chi connectivity index (χ3v) is 7.66. The van der Waals surface area contributed by atoms with Gasteiger partial charge in [0.15, 0.2) is 0 Å². The molecule has 0 atom stereocenters. The maximum Gasteiger partial charge on any atom is 0.321 e. The molecule has 2 aliphatic rings. The summed E-state index contributed by atoms with van der Waals surface area (Å²) >= 11 is 0. The number of anilines is 2. The summed E-state index contributed by atoms with van der Waals surface area (Å²) in [5.74, 6) is 1.25. The molecule has 36 heavy (non-hydrogen) atoms. The van der Waals surface area contributed by atoms with Crippen LogP contribution in [0, 0.1) is 0 Å². The number of likely N-dealkylation sites (tertiary alicyclic amines) is 1. The summed E-state index contributed by atoms with van der Waals surface area (Å²) in [6.45, 7) is 11.9. The first kappa shape index (κ1) is 24.3. The van der Waals surface area contributed by atoms with Crippen molar-refractivity contribution < 1.29 is 9.32 Å². The van der Waals surface area contributed by atoms with Gasteiger partial charge in [-0.2, -0.15) is 4.98 Å². The summed E-state index contributed by atoms with van der Waals surface area (Å²) in [7, 11) is 0. The highest BCUT2D eigenvalue weighted by Gasteiger charge is 2.38. The van der Waals surface area contributed by atoms with E-state index in [4.69, 9.17) is 4.52 Å². The van der Waals surface area contributed by atoms with Gasteiger partial charge in [-0.1, -0.05) is 54.5 Å². The van der Waals surface area contributed by atoms with Crippen LogP contribution >= 0.6 is 0 Å². The SMILES string of the molecule is CC(C)N1CCN(c2ccccc2NC(=O)N2CCC(C)(c3nc(-c4ccccc4)no3)CC2)CC1. The zero-order valence-corrected chi connectivity index (χ0v) is 21.5. The quantitative estimate of drug-likeness (QED) is 0.553.